The van der Waals surface area contributed by atoms with E-state index in [4.69, 9.17) is 9.88 Å². The Morgan fingerprint density at radius 1 is 1.27 bits per heavy atom. The molecule has 0 aliphatic carbocycles. The number of hydrogen-bond donors (Lipinski definition) is 3. The fraction of sp³-hybridized carbons (Fsp3) is 0.0588. The number of methoxy groups -OCH3 is 1. The molecular weight excluding hydrogens is 358 g/mol. The van der Waals surface area contributed by atoms with Crippen LogP contribution in [0.4, 0.5) is 5.69 Å². The Balaban J connectivity index is 2.21. The number of ether oxygens (including phenoxy) is 1. The number of nitrogens with zero attached hydrogens (tertiary/aromatic N) is 1. The lowest BCUT2D eigenvalue weighted by atomic mass is 10.1. The van der Waals surface area contributed by atoms with Crippen LogP contribution in [0.3, 0.4) is 0 Å². The third-order valence-corrected chi connectivity index (χ3v) is 4.25. The van der Waals surface area contributed by atoms with Gasteiger partial charge in [0.2, 0.25) is 10.0 Å². The van der Waals surface area contributed by atoms with Gasteiger partial charge in [-0.2, -0.15) is 5.26 Å². The summed E-state index contributed by atoms with van der Waals surface area (Å²) in [5.74, 6) is -0.552. The molecule has 0 unspecified atom stereocenters. The lowest BCUT2D eigenvalue weighted by molar-refractivity contribution is -0.112. The van der Waals surface area contributed by atoms with E-state index in [0.29, 0.717) is 11.3 Å². The van der Waals surface area contributed by atoms with Crippen molar-refractivity contribution in [3.63, 3.8) is 0 Å². The molecule has 0 aliphatic heterocycles. The van der Waals surface area contributed by atoms with Crippen molar-refractivity contribution >= 4 is 27.7 Å². The average Bonchev–Trinajstić information content (AvgIpc) is 2.59. The maximum Gasteiger partial charge on any atom is 0.266 e. The summed E-state index contributed by atoms with van der Waals surface area (Å²) in [6, 6.07) is 11.4. The van der Waals surface area contributed by atoms with Crippen LogP contribution in [0, 0.1) is 11.3 Å². The zero-order chi connectivity index (χ0) is 19.3. The number of phenolic OH excluding ortho intramolecular Hbond substituents is 1. The Morgan fingerprint density at radius 3 is 2.42 bits per heavy atom. The average molecular weight is 373 g/mol. The van der Waals surface area contributed by atoms with Gasteiger partial charge in [-0.25, -0.2) is 13.6 Å². The Kier molecular flexibility index (Phi) is 5.61. The van der Waals surface area contributed by atoms with Crippen molar-refractivity contribution in [3.05, 3.63) is 53.6 Å². The van der Waals surface area contributed by atoms with Crippen LogP contribution >= 0.6 is 0 Å². The predicted octanol–water partition coefficient (Wildman–Crippen LogP) is 1.59. The number of aromatic hydroxyl groups is 1. The fourth-order valence-electron chi connectivity index (χ4n) is 2.04. The first-order valence-corrected chi connectivity index (χ1v) is 8.72. The second kappa shape index (κ2) is 7.69. The van der Waals surface area contributed by atoms with Crippen LogP contribution in [0.2, 0.25) is 0 Å². The van der Waals surface area contributed by atoms with Crippen LogP contribution in [-0.2, 0) is 14.8 Å². The number of anilines is 1. The van der Waals surface area contributed by atoms with Gasteiger partial charge in [-0.15, -0.1) is 0 Å². The molecule has 2 aromatic rings. The largest absolute Gasteiger partial charge is 0.504 e. The molecule has 0 atom stereocenters. The molecule has 0 fully saturated rings. The van der Waals surface area contributed by atoms with Gasteiger partial charge in [0.1, 0.15) is 11.6 Å². The number of nitrogens with one attached hydrogen (secondary N) is 1. The molecule has 0 bridgehead atoms. The molecule has 1 amide bonds. The third-order valence-electron chi connectivity index (χ3n) is 3.32. The number of amides is 1. The van der Waals surface area contributed by atoms with Crippen molar-refractivity contribution in [1.29, 1.82) is 5.26 Å². The zero-order valence-corrected chi connectivity index (χ0v) is 14.4. The van der Waals surface area contributed by atoms with Crippen molar-refractivity contribution in [1.82, 2.24) is 0 Å². The Bertz CT molecular complexity index is 1010. The Labute approximate surface area is 150 Å². The van der Waals surface area contributed by atoms with Crippen LogP contribution < -0.4 is 15.2 Å². The number of hydrogen-bond acceptors (Lipinski definition) is 6. The summed E-state index contributed by atoms with van der Waals surface area (Å²) in [4.78, 5) is 12.1. The number of rotatable bonds is 5. The first-order chi connectivity index (χ1) is 12.2. The second-order valence-corrected chi connectivity index (χ2v) is 6.69. The van der Waals surface area contributed by atoms with Gasteiger partial charge < -0.3 is 15.2 Å². The number of benzene rings is 2. The van der Waals surface area contributed by atoms with E-state index in [1.54, 1.807) is 12.1 Å². The van der Waals surface area contributed by atoms with Crippen molar-refractivity contribution in [2.45, 2.75) is 4.90 Å². The van der Waals surface area contributed by atoms with Crippen LogP contribution in [0.25, 0.3) is 6.08 Å². The monoisotopic (exact) mass is 373 g/mol. The van der Waals surface area contributed by atoms with E-state index in [0.717, 1.165) is 0 Å². The molecule has 0 saturated carbocycles. The minimum Gasteiger partial charge on any atom is -0.504 e. The fourth-order valence-corrected chi connectivity index (χ4v) is 2.55. The van der Waals surface area contributed by atoms with Crippen molar-refractivity contribution in [3.8, 4) is 17.6 Å². The zero-order valence-electron chi connectivity index (χ0n) is 13.6. The summed E-state index contributed by atoms with van der Waals surface area (Å²) in [6.07, 6.45) is 1.30. The highest BCUT2D eigenvalue weighted by Gasteiger charge is 2.12. The van der Waals surface area contributed by atoms with Gasteiger partial charge in [0.25, 0.3) is 5.91 Å². The minimum absolute atomic E-state index is 0.0970. The number of carbonyl (C=O) groups excluding carboxylic acids is 1. The van der Waals surface area contributed by atoms with Crippen molar-refractivity contribution in [2.75, 3.05) is 12.4 Å². The molecule has 0 radical (unpaired) electrons. The van der Waals surface area contributed by atoms with Gasteiger partial charge in [0.15, 0.2) is 11.5 Å². The summed E-state index contributed by atoms with van der Waals surface area (Å²) < 4.78 is 27.3. The first-order valence-electron chi connectivity index (χ1n) is 7.17. The summed E-state index contributed by atoms with van der Waals surface area (Å²) in [6.45, 7) is 0. The Hall–Kier alpha value is -3.35. The lowest BCUT2D eigenvalue weighted by Crippen LogP contribution is -2.14. The van der Waals surface area contributed by atoms with Crippen molar-refractivity contribution < 1.29 is 23.1 Å². The standard InChI is InChI=1S/C17H15N3O5S/c1-25-16-7-2-11(9-15(16)21)8-12(10-18)17(22)20-13-3-5-14(6-4-13)26(19,23)24/h2-9,21H,1H3,(H,20,22)(H2,19,23,24)/b12-8-. The summed E-state index contributed by atoms with van der Waals surface area (Å²) in [7, 11) is -2.43. The number of primary sulfonamides is 1. The highest BCUT2D eigenvalue weighted by Crippen LogP contribution is 2.27. The number of sulfonamides is 1. The second-order valence-electron chi connectivity index (χ2n) is 5.12. The van der Waals surface area contributed by atoms with Gasteiger partial charge in [0, 0.05) is 5.69 Å². The van der Waals surface area contributed by atoms with E-state index in [1.807, 2.05) is 0 Å². The normalized spacial score (nSPS) is 11.5. The highest BCUT2D eigenvalue weighted by molar-refractivity contribution is 7.89. The first kappa shape index (κ1) is 19.0. The van der Waals surface area contributed by atoms with E-state index in [2.05, 4.69) is 5.32 Å². The summed E-state index contributed by atoms with van der Waals surface area (Å²) in [5, 5.41) is 26.4. The molecule has 134 valence electrons. The van der Waals surface area contributed by atoms with Crippen LogP contribution in [0.1, 0.15) is 5.56 Å². The van der Waals surface area contributed by atoms with E-state index < -0.39 is 15.9 Å². The molecule has 0 saturated heterocycles. The lowest BCUT2D eigenvalue weighted by Gasteiger charge is -2.06. The molecular formula is C17H15N3O5S. The summed E-state index contributed by atoms with van der Waals surface area (Å²) in [5.41, 5.74) is 0.519. The van der Waals surface area contributed by atoms with Gasteiger partial charge in [-0.05, 0) is 48.0 Å². The Morgan fingerprint density at radius 2 is 1.92 bits per heavy atom. The molecule has 9 heteroatoms. The summed E-state index contributed by atoms with van der Waals surface area (Å²) >= 11 is 0. The molecule has 0 spiro atoms. The molecule has 0 aromatic heterocycles. The molecule has 0 heterocycles. The van der Waals surface area contributed by atoms with Gasteiger partial charge in [0.05, 0.1) is 12.0 Å². The smallest absolute Gasteiger partial charge is 0.266 e. The van der Waals surface area contributed by atoms with Gasteiger partial charge in [-0.3, -0.25) is 4.79 Å². The van der Waals surface area contributed by atoms with E-state index in [9.17, 15) is 23.6 Å². The van der Waals surface area contributed by atoms with Gasteiger partial charge >= 0.3 is 0 Å². The molecule has 26 heavy (non-hydrogen) atoms. The highest BCUT2D eigenvalue weighted by atomic mass is 32.2. The van der Waals surface area contributed by atoms with Crippen molar-refractivity contribution in [2.24, 2.45) is 5.14 Å². The van der Waals surface area contributed by atoms with Crippen LogP contribution in [0.15, 0.2) is 52.9 Å². The molecule has 2 aromatic carbocycles. The molecule has 4 N–H and O–H groups in total. The molecule has 2 rings (SSSR count). The third kappa shape index (κ3) is 4.60. The molecule has 0 aliphatic rings. The van der Waals surface area contributed by atoms with E-state index in [1.165, 1.54) is 49.6 Å². The molecule has 8 nitrogen and oxygen atoms in total. The SMILES string of the molecule is COc1ccc(/C=C(/C#N)C(=O)Nc2ccc(S(N)(=O)=O)cc2)cc1O. The van der Waals surface area contributed by atoms with E-state index in [-0.39, 0.29) is 22.0 Å². The van der Waals surface area contributed by atoms with Crippen LogP contribution in [0.5, 0.6) is 11.5 Å². The van der Waals surface area contributed by atoms with Gasteiger partial charge in [-0.1, -0.05) is 6.07 Å². The number of nitriles is 1. The van der Waals surface area contributed by atoms with E-state index >= 15 is 0 Å². The number of phenols is 1. The number of carbonyl (C=O) groups is 1. The number of nitrogens with two attached hydrogens (primary N) is 1. The minimum atomic E-state index is -3.83. The quantitative estimate of drug-likeness (QED) is 0.536. The topological polar surface area (TPSA) is 143 Å². The van der Waals surface area contributed by atoms with Crippen LogP contribution in [-0.4, -0.2) is 26.5 Å². The maximum atomic E-state index is 12.2. The maximum absolute atomic E-state index is 12.2. The predicted molar refractivity (Wildman–Crippen MR) is 94.7 cm³/mol.